The van der Waals surface area contributed by atoms with Crippen LogP contribution >= 0.6 is 19.6 Å². The van der Waals surface area contributed by atoms with Gasteiger partial charge in [-0.2, -0.15) is 11.8 Å². The molecule has 1 aliphatic rings. The Balaban J connectivity index is 1.67. The van der Waals surface area contributed by atoms with Crippen molar-refractivity contribution in [3.8, 4) is 0 Å². The first-order valence-electron chi connectivity index (χ1n) is 18.6. The van der Waals surface area contributed by atoms with Crippen molar-refractivity contribution in [2.45, 2.75) is 173 Å². The molecule has 11 nitrogen and oxygen atoms in total. The number of hydrogen-bond donors (Lipinski definition) is 3. The fourth-order valence-electron chi connectivity index (χ4n) is 5.88. The summed E-state index contributed by atoms with van der Waals surface area (Å²) in [4.78, 5) is 36.2. The van der Waals surface area contributed by atoms with E-state index in [9.17, 15) is 24.2 Å². The van der Waals surface area contributed by atoms with Crippen molar-refractivity contribution < 1.29 is 33.1 Å². The molecule has 13 heteroatoms. The number of thioether (sulfide) groups is 1. The summed E-state index contributed by atoms with van der Waals surface area (Å²) < 4.78 is 35.8. The van der Waals surface area contributed by atoms with Gasteiger partial charge in [0.1, 0.15) is 12.3 Å². The molecule has 0 amide bonds. The lowest BCUT2D eigenvalue weighted by atomic mass is 10.1. The number of phosphoric acid groups is 1. The topological polar surface area (TPSA) is 149 Å². The maximum Gasteiger partial charge on any atom is 0.472 e. The van der Waals surface area contributed by atoms with Gasteiger partial charge in [0.15, 0.2) is 0 Å². The fraction of sp³-hybridized carbons (Fsp3) is 0.886. The zero-order valence-electron chi connectivity index (χ0n) is 30.1. The lowest BCUT2D eigenvalue weighted by Gasteiger charge is -2.24. The van der Waals surface area contributed by atoms with Gasteiger partial charge >= 0.3 is 13.5 Å². The third-order valence-corrected chi connectivity index (χ3v) is 11.5. The molecule has 1 fully saturated rings. The highest BCUT2D eigenvalue weighted by molar-refractivity contribution is 7.99. The minimum Gasteiger partial charge on any atom is -0.390 e. The van der Waals surface area contributed by atoms with Crippen LogP contribution in [0.25, 0.3) is 0 Å². The number of aliphatic hydroxyl groups excluding tert-OH is 1. The number of rotatable bonds is 29. The second-order valence-corrected chi connectivity index (χ2v) is 16.0. The van der Waals surface area contributed by atoms with E-state index in [2.05, 4.69) is 25.8 Å². The first-order chi connectivity index (χ1) is 23.1. The minimum absolute atomic E-state index is 0.0172. The quantitative estimate of drug-likeness (QED) is 0.0553. The first-order valence-corrected chi connectivity index (χ1v) is 21.1. The van der Waals surface area contributed by atoms with E-state index in [4.69, 9.17) is 18.5 Å². The molecule has 0 radical (unpaired) electrons. The van der Waals surface area contributed by atoms with E-state index in [0.717, 1.165) is 12.2 Å². The monoisotopic (exact) mass is 720 g/mol. The number of aryl methyl sites for hydroxylation is 1. The Hall–Kier alpha value is -0.980. The largest absolute Gasteiger partial charge is 0.472 e. The predicted octanol–water partition coefficient (Wildman–Crippen LogP) is 7.81. The van der Waals surface area contributed by atoms with Crippen LogP contribution in [0.3, 0.4) is 0 Å². The molecule has 0 saturated carbocycles. The molecule has 1 saturated heterocycles. The van der Waals surface area contributed by atoms with E-state index in [1.54, 1.807) is 6.92 Å². The highest BCUT2D eigenvalue weighted by Crippen LogP contribution is 2.44. The average Bonchev–Trinajstić information content (AvgIpc) is 3.42. The lowest BCUT2D eigenvalue weighted by molar-refractivity contribution is -0.0468. The number of nitrogens with one attached hydrogen (secondary N) is 1. The molecular formula is C35H65N2O9PS. The number of hydrogen-bond acceptors (Lipinski definition) is 9. The van der Waals surface area contributed by atoms with Gasteiger partial charge in [-0.25, -0.2) is 9.36 Å². The zero-order valence-corrected chi connectivity index (χ0v) is 31.8. The number of aromatic amines is 1. The van der Waals surface area contributed by atoms with Crippen molar-refractivity contribution >= 4 is 19.6 Å². The summed E-state index contributed by atoms with van der Waals surface area (Å²) in [6.45, 7) is 8.18. The second-order valence-electron chi connectivity index (χ2n) is 13.2. The highest BCUT2D eigenvalue weighted by Gasteiger charge is 2.37. The summed E-state index contributed by atoms with van der Waals surface area (Å²) in [5, 5.41) is 10.8. The molecule has 1 aromatic heterocycles. The van der Waals surface area contributed by atoms with Crippen molar-refractivity contribution in [3.05, 3.63) is 32.6 Å². The van der Waals surface area contributed by atoms with E-state index < -0.39 is 44.1 Å². The normalized spacial score (nSPS) is 20.6. The number of aromatic nitrogens is 2. The van der Waals surface area contributed by atoms with E-state index in [1.165, 1.54) is 107 Å². The van der Waals surface area contributed by atoms with Crippen LogP contribution in [0.2, 0.25) is 0 Å². The fourth-order valence-corrected chi connectivity index (χ4v) is 8.01. The molecule has 0 aliphatic carbocycles. The summed E-state index contributed by atoms with van der Waals surface area (Å²) in [6.07, 6.45) is 19.9. The van der Waals surface area contributed by atoms with Gasteiger partial charge in [0.25, 0.3) is 5.56 Å². The molecule has 48 heavy (non-hydrogen) atoms. The zero-order chi connectivity index (χ0) is 35.2. The maximum atomic E-state index is 12.5. The maximum absolute atomic E-state index is 12.5. The molecule has 0 bridgehead atoms. The van der Waals surface area contributed by atoms with Crippen LogP contribution in [0.1, 0.15) is 148 Å². The number of H-pyrrole nitrogens is 1. The number of ether oxygens (including phenoxy) is 2. The molecule has 3 N–H and O–H groups in total. The average molecular weight is 721 g/mol. The molecule has 1 aliphatic heterocycles. The highest BCUT2D eigenvalue weighted by atomic mass is 32.2. The Kier molecular flexibility index (Phi) is 22.5. The van der Waals surface area contributed by atoms with Crippen LogP contribution in [0, 0.1) is 6.92 Å². The van der Waals surface area contributed by atoms with Crippen molar-refractivity contribution in [1.82, 2.24) is 9.55 Å². The summed E-state index contributed by atoms with van der Waals surface area (Å²) in [5.74, 6) is 1.15. The molecular weight excluding hydrogens is 655 g/mol. The number of unbranched alkanes of at least 4 members (excludes halogenated alkanes) is 13. The van der Waals surface area contributed by atoms with Gasteiger partial charge in [-0.15, -0.1) is 0 Å². The van der Waals surface area contributed by atoms with Crippen LogP contribution in [-0.4, -0.2) is 68.7 Å². The SMILES string of the molecule is CCCCCCCCCCCCSC(CCCCCCC)C(C)OCCCOP(=O)(O)OC[C@H]1O[C@@H](n2cc(C)c(=O)[nH]c2=O)C[C@@H]1O. The standard InChI is InChI=1S/C35H65N2O9PS/c1-5-7-9-11-12-13-14-15-17-19-24-48-32(21-18-16-10-8-6-2)29(4)43-22-20-23-44-47(41,42)45-27-31-30(38)25-33(46-31)37-26-28(3)34(39)36-35(37)40/h26,29-33,38H,5-25,27H2,1-4H3,(H,41,42)(H,36,39,40)/t29?,30-,31+,32?,33+/m0/s1. The Morgan fingerprint density at radius 3 is 2.19 bits per heavy atom. The predicted molar refractivity (Wildman–Crippen MR) is 194 cm³/mol. The van der Waals surface area contributed by atoms with Gasteiger partial charge in [0, 0.05) is 30.0 Å². The second kappa shape index (κ2) is 25.1. The van der Waals surface area contributed by atoms with E-state index in [-0.39, 0.29) is 19.1 Å². The number of nitrogens with zero attached hydrogens (tertiary/aromatic N) is 1. The third-order valence-electron chi connectivity index (χ3n) is 8.93. The van der Waals surface area contributed by atoms with Gasteiger partial charge in [-0.3, -0.25) is 23.4 Å². The summed E-state index contributed by atoms with van der Waals surface area (Å²) >= 11 is 2.03. The number of aliphatic hydroxyl groups is 1. The smallest absolute Gasteiger partial charge is 0.390 e. The Bertz CT molecular complexity index is 1150. The summed E-state index contributed by atoms with van der Waals surface area (Å²) in [6, 6.07) is 0. The van der Waals surface area contributed by atoms with E-state index >= 15 is 0 Å². The van der Waals surface area contributed by atoms with E-state index in [1.807, 2.05) is 11.8 Å². The Labute approximate surface area is 292 Å². The van der Waals surface area contributed by atoms with Gasteiger partial charge < -0.3 is 19.5 Å². The van der Waals surface area contributed by atoms with Gasteiger partial charge in [-0.05, 0) is 38.9 Å². The number of phosphoric ester groups is 1. The van der Waals surface area contributed by atoms with Gasteiger partial charge in [0.2, 0.25) is 0 Å². The van der Waals surface area contributed by atoms with Crippen LogP contribution in [0.4, 0.5) is 0 Å². The van der Waals surface area contributed by atoms with Crippen molar-refractivity contribution in [2.24, 2.45) is 0 Å². The lowest BCUT2D eigenvalue weighted by Crippen LogP contribution is -2.33. The summed E-state index contributed by atoms with van der Waals surface area (Å²) in [5.41, 5.74) is -0.841. The van der Waals surface area contributed by atoms with E-state index in [0.29, 0.717) is 23.8 Å². The molecule has 3 unspecified atom stereocenters. The van der Waals surface area contributed by atoms with Gasteiger partial charge in [0.05, 0.1) is 25.4 Å². The molecule has 0 aromatic carbocycles. The first kappa shape index (κ1) is 43.2. The van der Waals surface area contributed by atoms with Crippen LogP contribution in [-0.2, 0) is 23.1 Å². The van der Waals surface area contributed by atoms with Gasteiger partial charge in [-0.1, -0.05) is 104 Å². The molecule has 2 heterocycles. The molecule has 2 rings (SSSR count). The third kappa shape index (κ3) is 17.8. The molecule has 0 spiro atoms. The van der Waals surface area contributed by atoms with Crippen molar-refractivity contribution in [1.29, 1.82) is 0 Å². The Morgan fingerprint density at radius 2 is 1.54 bits per heavy atom. The van der Waals surface area contributed by atoms with Crippen molar-refractivity contribution in [2.75, 3.05) is 25.6 Å². The van der Waals surface area contributed by atoms with Crippen LogP contribution in [0.15, 0.2) is 15.8 Å². The van der Waals surface area contributed by atoms with Crippen LogP contribution < -0.4 is 11.2 Å². The molecule has 280 valence electrons. The minimum atomic E-state index is -4.40. The molecule has 1 aromatic rings. The van der Waals surface area contributed by atoms with Crippen molar-refractivity contribution in [3.63, 3.8) is 0 Å². The molecule has 6 atom stereocenters. The summed E-state index contributed by atoms with van der Waals surface area (Å²) in [7, 11) is -4.40. The van der Waals surface area contributed by atoms with Crippen LogP contribution in [0.5, 0.6) is 0 Å². The Morgan fingerprint density at radius 1 is 0.938 bits per heavy atom.